The van der Waals surface area contributed by atoms with E-state index in [0.29, 0.717) is 6.04 Å². The number of aromatic nitrogens is 2. The van der Waals surface area contributed by atoms with Crippen molar-refractivity contribution < 1.29 is 4.39 Å². The first-order valence-electron chi connectivity index (χ1n) is 6.85. The molecule has 1 aliphatic rings. The summed E-state index contributed by atoms with van der Waals surface area (Å²) in [7, 11) is 0. The van der Waals surface area contributed by atoms with Crippen LogP contribution in [0.25, 0.3) is 11.0 Å². The first kappa shape index (κ1) is 12.6. The van der Waals surface area contributed by atoms with E-state index < -0.39 is 0 Å². The Balaban J connectivity index is 2.00. The Morgan fingerprint density at radius 3 is 2.74 bits per heavy atom. The highest BCUT2D eigenvalue weighted by atomic mass is 19.1. The Hall–Kier alpha value is -1.42. The Morgan fingerprint density at radius 2 is 2.11 bits per heavy atom. The summed E-state index contributed by atoms with van der Waals surface area (Å²) in [5.41, 5.74) is 1.87. The van der Waals surface area contributed by atoms with Crippen LogP contribution in [0.2, 0.25) is 0 Å². The zero-order valence-corrected chi connectivity index (χ0v) is 11.7. The predicted molar refractivity (Wildman–Crippen MR) is 74.6 cm³/mol. The summed E-state index contributed by atoms with van der Waals surface area (Å²) < 4.78 is 15.6. The van der Waals surface area contributed by atoms with Crippen LogP contribution < -0.4 is 5.32 Å². The van der Waals surface area contributed by atoms with E-state index in [0.717, 1.165) is 23.4 Å². The van der Waals surface area contributed by atoms with Gasteiger partial charge in [0.25, 0.3) is 0 Å². The SMILES string of the molecule is CC(C)(C)NCc1nc2ccc(F)cc2n1C1CC1. The minimum Gasteiger partial charge on any atom is -0.324 e. The molecule has 3 rings (SSSR count). The zero-order valence-electron chi connectivity index (χ0n) is 11.7. The highest BCUT2D eigenvalue weighted by molar-refractivity contribution is 5.76. The molecule has 19 heavy (non-hydrogen) atoms. The van der Waals surface area contributed by atoms with E-state index in [4.69, 9.17) is 0 Å². The number of hydrogen-bond donors (Lipinski definition) is 1. The van der Waals surface area contributed by atoms with Crippen molar-refractivity contribution in [1.29, 1.82) is 0 Å². The van der Waals surface area contributed by atoms with Crippen LogP contribution in [0.4, 0.5) is 4.39 Å². The fourth-order valence-corrected chi connectivity index (χ4v) is 2.33. The highest BCUT2D eigenvalue weighted by Crippen LogP contribution is 2.38. The maximum absolute atomic E-state index is 13.4. The van der Waals surface area contributed by atoms with E-state index in [1.807, 2.05) is 0 Å². The average molecular weight is 261 g/mol. The third-order valence-corrected chi connectivity index (χ3v) is 3.41. The van der Waals surface area contributed by atoms with Gasteiger partial charge < -0.3 is 9.88 Å². The molecular formula is C15H20FN3. The van der Waals surface area contributed by atoms with E-state index in [9.17, 15) is 4.39 Å². The number of hydrogen-bond acceptors (Lipinski definition) is 2. The van der Waals surface area contributed by atoms with Gasteiger partial charge in [0.2, 0.25) is 0 Å². The number of nitrogens with one attached hydrogen (secondary N) is 1. The van der Waals surface area contributed by atoms with E-state index >= 15 is 0 Å². The van der Waals surface area contributed by atoms with E-state index in [-0.39, 0.29) is 11.4 Å². The summed E-state index contributed by atoms with van der Waals surface area (Å²) in [4.78, 5) is 4.65. The van der Waals surface area contributed by atoms with Gasteiger partial charge in [0.05, 0.1) is 17.6 Å². The van der Waals surface area contributed by atoms with Gasteiger partial charge in [0.1, 0.15) is 11.6 Å². The molecular weight excluding hydrogens is 241 g/mol. The lowest BCUT2D eigenvalue weighted by molar-refractivity contribution is 0.412. The Bertz CT molecular complexity index is 606. The zero-order chi connectivity index (χ0) is 13.6. The summed E-state index contributed by atoms with van der Waals surface area (Å²) in [6.07, 6.45) is 2.34. The molecule has 3 nitrogen and oxygen atoms in total. The van der Waals surface area contributed by atoms with Crippen molar-refractivity contribution >= 4 is 11.0 Å². The van der Waals surface area contributed by atoms with Crippen LogP contribution in [-0.4, -0.2) is 15.1 Å². The number of halogens is 1. The van der Waals surface area contributed by atoms with E-state index in [1.165, 1.54) is 18.9 Å². The Morgan fingerprint density at radius 1 is 1.37 bits per heavy atom. The van der Waals surface area contributed by atoms with Crippen molar-refractivity contribution in [2.75, 3.05) is 0 Å². The first-order chi connectivity index (χ1) is 8.94. The van der Waals surface area contributed by atoms with Crippen LogP contribution in [0.3, 0.4) is 0 Å². The molecule has 1 aliphatic carbocycles. The fourth-order valence-electron chi connectivity index (χ4n) is 2.33. The van der Waals surface area contributed by atoms with Crippen LogP contribution in [0.1, 0.15) is 45.5 Å². The third kappa shape index (κ3) is 2.63. The fraction of sp³-hybridized carbons (Fsp3) is 0.533. The van der Waals surface area contributed by atoms with Crippen LogP contribution >= 0.6 is 0 Å². The lowest BCUT2D eigenvalue weighted by Gasteiger charge is -2.20. The largest absolute Gasteiger partial charge is 0.324 e. The average Bonchev–Trinajstić information content (AvgIpc) is 3.07. The second-order valence-corrected chi connectivity index (χ2v) is 6.37. The quantitative estimate of drug-likeness (QED) is 0.917. The molecule has 0 spiro atoms. The van der Waals surface area contributed by atoms with E-state index in [2.05, 4.69) is 35.6 Å². The van der Waals surface area contributed by atoms with Crippen LogP contribution in [-0.2, 0) is 6.54 Å². The van der Waals surface area contributed by atoms with Crippen molar-refractivity contribution in [1.82, 2.24) is 14.9 Å². The first-order valence-corrected chi connectivity index (χ1v) is 6.85. The molecule has 1 heterocycles. The van der Waals surface area contributed by atoms with Gasteiger partial charge in [-0.2, -0.15) is 0 Å². The predicted octanol–water partition coefficient (Wildman–Crippen LogP) is 3.40. The number of imidazole rings is 1. The Labute approximate surface area is 112 Å². The molecule has 0 aliphatic heterocycles. The minimum absolute atomic E-state index is 0.0533. The molecule has 0 unspecified atom stereocenters. The van der Waals surface area contributed by atoms with Crippen molar-refractivity contribution in [3.05, 3.63) is 29.8 Å². The smallest absolute Gasteiger partial charge is 0.125 e. The normalized spacial score (nSPS) is 16.2. The van der Waals surface area contributed by atoms with Gasteiger partial charge in [-0.1, -0.05) is 0 Å². The molecule has 102 valence electrons. The number of nitrogens with zero attached hydrogens (tertiary/aromatic N) is 2. The second-order valence-electron chi connectivity index (χ2n) is 6.37. The minimum atomic E-state index is -0.190. The van der Waals surface area contributed by atoms with Crippen LogP contribution in [0, 0.1) is 5.82 Å². The summed E-state index contributed by atoms with van der Waals surface area (Å²) in [5, 5.41) is 3.46. The van der Waals surface area contributed by atoms with Crippen LogP contribution in [0.15, 0.2) is 18.2 Å². The van der Waals surface area contributed by atoms with Gasteiger partial charge in [0, 0.05) is 11.6 Å². The highest BCUT2D eigenvalue weighted by Gasteiger charge is 2.28. The monoisotopic (exact) mass is 261 g/mol. The summed E-state index contributed by atoms with van der Waals surface area (Å²) in [5.74, 6) is 0.822. The molecule has 1 N–H and O–H groups in total. The molecule has 1 aromatic carbocycles. The van der Waals surface area contributed by atoms with Crippen molar-refractivity contribution in [3.63, 3.8) is 0 Å². The molecule has 4 heteroatoms. The number of fused-ring (bicyclic) bond motifs is 1. The molecule has 0 bridgehead atoms. The summed E-state index contributed by atoms with van der Waals surface area (Å²) in [6, 6.07) is 5.35. The molecule has 0 amide bonds. The molecule has 2 aromatic rings. The van der Waals surface area contributed by atoms with E-state index in [1.54, 1.807) is 12.1 Å². The maximum Gasteiger partial charge on any atom is 0.125 e. The van der Waals surface area contributed by atoms with Crippen LogP contribution in [0.5, 0.6) is 0 Å². The van der Waals surface area contributed by atoms with Gasteiger partial charge in [-0.15, -0.1) is 0 Å². The van der Waals surface area contributed by atoms with Gasteiger partial charge >= 0.3 is 0 Å². The van der Waals surface area contributed by atoms with Gasteiger partial charge in [-0.05, 0) is 51.8 Å². The van der Waals surface area contributed by atoms with Crippen molar-refractivity contribution in [2.45, 2.75) is 51.7 Å². The number of benzene rings is 1. The molecule has 1 saturated carbocycles. The lowest BCUT2D eigenvalue weighted by atomic mass is 10.1. The van der Waals surface area contributed by atoms with Gasteiger partial charge in [-0.25, -0.2) is 9.37 Å². The van der Waals surface area contributed by atoms with Gasteiger partial charge in [0.15, 0.2) is 0 Å². The molecule has 0 atom stereocenters. The third-order valence-electron chi connectivity index (χ3n) is 3.41. The molecule has 1 fully saturated rings. The Kier molecular flexibility index (Phi) is 2.86. The lowest BCUT2D eigenvalue weighted by Crippen LogP contribution is -2.35. The topological polar surface area (TPSA) is 29.9 Å². The maximum atomic E-state index is 13.4. The van der Waals surface area contributed by atoms with Gasteiger partial charge in [-0.3, -0.25) is 0 Å². The molecule has 1 aromatic heterocycles. The molecule has 0 saturated heterocycles. The van der Waals surface area contributed by atoms with Crippen molar-refractivity contribution in [3.8, 4) is 0 Å². The second kappa shape index (κ2) is 4.30. The standard InChI is InChI=1S/C15H20FN3/c1-15(2,3)17-9-14-18-12-7-4-10(16)8-13(12)19(14)11-5-6-11/h4,7-8,11,17H,5-6,9H2,1-3H3. The molecule has 0 radical (unpaired) electrons. The summed E-state index contributed by atoms with van der Waals surface area (Å²) in [6.45, 7) is 7.13. The summed E-state index contributed by atoms with van der Waals surface area (Å²) >= 11 is 0. The number of rotatable bonds is 3. The van der Waals surface area contributed by atoms with Crippen molar-refractivity contribution in [2.24, 2.45) is 0 Å².